The SMILES string of the molecule is N#CC(C#N)=Cc1ccc(OCc2ccc(I)cc2)cc1. The molecule has 0 radical (unpaired) electrons. The van der Waals surface area contributed by atoms with Crippen molar-refractivity contribution in [3.63, 3.8) is 0 Å². The molecule has 0 spiro atoms. The molecule has 0 fully saturated rings. The van der Waals surface area contributed by atoms with E-state index in [1.165, 1.54) is 3.57 Å². The van der Waals surface area contributed by atoms with E-state index >= 15 is 0 Å². The molecular formula is C17H11IN2O. The maximum absolute atomic E-state index is 8.71. The lowest BCUT2D eigenvalue weighted by Crippen LogP contribution is -1.95. The summed E-state index contributed by atoms with van der Waals surface area (Å²) >= 11 is 2.26. The number of halogens is 1. The summed E-state index contributed by atoms with van der Waals surface area (Å²) in [6.07, 6.45) is 1.54. The molecule has 3 nitrogen and oxygen atoms in total. The highest BCUT2D eigenvalue weighted by Gasteiger charge is 1.98. The minimum atomic E-state index is 0.0857. The third kappa shape index (κ3) is 4.62. The summed E-state index contributed by atoms with van der Waals surface area (Å²) in [5.74, 6) is 0.751. The van der Waals surface area contributed by atoms with Crippen LogP contribution in [-0.4, -0.2) is 0 Å². The molecule has 0 aliphatic heterocycles. The van der Waals surface area contributed by atoms with E-state index in [9.17, 15) is 0 Å². The van der Waals surface area contributed by atoms with Gasteiger partial charge in [0.25, 0.3) is 0 Å². The van der Waals surface area contributed by atoms with E-state index in [2.05, 4.69) is 22.6 Å². The third-order valence-corrected chi connectivity index (χ3v) is 3.47. The van der Waals surface area contributed by atoms with Gasteiger partial charge in [-0.1, -0.05) is 24.3 Å². The summed E-state index contributed by atoms with van der Waals surface area (Å²) in [4.78, 5) is 0. The minimum absolute atomic E-state index is 0.0857. The van der Waals surface area contributed by atoms with E-state index in [4.69, 9.17) is 15.3 Å². The maximum Gasteiger partial charge on any atom is 0.130 e. The summed E-state index contributed by atoms with van der Waals surface area (Å²) in [6.45, 7) is 0.508. The molecule has 0 aliphatic rings. The van der Waals surface area contributed by atoms with E-state index in [1.807, 2.05) is 60.7 Å². The molecule has 0 aliphatic carbocycles. The largest absolute Gasteiger partial charge is 0.489 e. The number of rotatable bonds is 4. The van der Waals surface area contributed by atoms with Crippen molar-refractivity contribution >= 4 is 28.7 Å². The first kappa shape index (κ1) is 15.1. The van der Waals surface area contributed by atoms with Gasteiger partial charge < -0.3 is 4.74 Å². The second kappa shape index (κ2) is 7.47. The second-order valence-corrected chi connectivity index (χ2v) is 5.51. The lowest BCUT2D eigenvalue weighted by Gasteiger charge is -2.06. The monoisotopic (exact) mass is 386 g/mol. The minimum Gasteiger partial charge on any atom is -0.489 e. The van der Waals surface area contributed by atoms with E-state index < -0.39 is 0 Å². The Morgan fingerprint density at radius 2 is 1.62 bits per heavy atom. The van der Waals surface area contributed by atoms with Gasteiger partial charge in [-0.3, -0.25) is 0 Å². The molecule has 2 rings (SSSR count). The number of hydrogen-bond donors (Lipinski definition) is 0. The molecule has 21 heavy (non-hydrogen) atoms. The number of nitrogens with zero attached hydrogens (tertiary/aromatic N) is 2. The quantitative estimate of drug-likeness (QED) is 0.582. The Morgan fingerprint density at radius 1 is 1.00 bits per heavy atom. The Labute approximate surface area is 137 Å². The third-order valence-electron chi connectivity index (χ3n) is 2.75. The highest BCUT2D eigenvalue weighted by molar-refractivity contribution is 14.1. The fourth-order valence-electron chi connectivity index (χ4n) is 1.66. The molecule has 4 heteroatoms. The smallest absolute Gasteiger partial charge is 0.130 e. The van der Waals surface area contributed by atoms with Crippen LogP contribution in [0.15, 0.2) is 54.1 Å². The molecule has 0 bridgehead atoms. The Hall–Kier alpha value is -2.31. The number of ether oxygens (including phenoxy) is 1. The molecule has 0 saturated heterocycles. The summed E-state index contributed by atoms with van der Waals surface area (Å²) < 4.78 is 6.88. The van der Waals surface area contributed by atoms with Gasteiger partial charge in [0.2, 0.25) is 0 Å². The summed E-state index contributed by atoms with van der Waals surface area (Å²) in [5.41, 5.74) is 1.99. The lowest BCUT2D eigenvalue weighted by atomic mass is 10.1. The molecule has 2 aromatic rings. The molecule has 0 atom stereocenters. The van der Waals surface area contributed by atoms with Crippen molar-refractivity contribution in [2.24, 2.45) is 0 Å². The second-order valence-electron chi connectivity index (χ2n) is 4.27. The summed E-state index contributed by atoms with van der Waals surface area (Å²) in [7, 11) is 0. The topological polar surface area (TPSA) is 56.8 Å². The van der Waals surface area contributed by atoms with Crippen LogP contribution in [-0.2, 0) is 6.61 Å². The fourth-order valence-corrected chi connectivity index (χ4v) is 2.02. The van der Waals surface area contributed by atoms with Gasteiger partial charge in [0.05, 0.1) is 0 Å². The van der Waals surface area contributed by atoms with Crippen LogP contribution in [0.3, 0.4) is 0 Å². The maximum atomic E-state index is 8.71. The van der Waals surface area contributed by atoms with E-state index in [1.54, 1.807) is 6.08 Å². The van der Waals surface area contributed by atoms with E-state index in [0.29, 0.717) is 6.61 Å². The molecular weight excluding hydrogens is 375 g/mol. The van der Waals surface area contributed by atoms with Gasteiger partial charge in [0.15, 0.2) is 0 Å². The van der Waals surface area contributed by atoms with Crippen molar-refractivity contribution in [1.29, 1.82) is 10.5 Å². The average Bonchev–Trinajstić information content (AvgIpc) is 2.53. The zero-order valence-electron chi connectivity index (χ0n) is 11.1. The predicted molar refractivity (Wildman–Crippen MR) is 89.1 cm³/mol. The highest BCUT2D eigenvalue weighted by Crippen LogP contribution is 2.16. The van der Waals surface area contributed by atoms with E-state index in [-0.39, 0.29) is 5.57 Å². The van der Waals surface area contributed by atoms with Crippen LogP contribution >= 0.6 is 22.6 Å². The van der Waals surface area contributed by atoms with Crippen LogP contribution in [0.25, 0.3) is 6.08 Å². The first-order valence-corrected chi connectivity index (χ1v) is 7.28. The van der Waals surface area contributed by atoms with Crippen molar-refractivity contribution in [3.05, 3.63) is 68.8 Å². The first-order valence-electron chi connectivity index (χ1n) is 6.20. The zero-order chi connectivity index (χ0) is 15.1. The van der Waals surface area contributed by atoms with Crippen molar-refractivity contribution < 1.29 is 4.74 Å². The first-order chi connectivity index (χ1) is 10.2. The van der Waals surface area contributed by atoms with Gasteiger partial charge in [0.1, 0.15) is 30.1 Å². The number of nitriles is 2. The van der Waals surface area contributed by atoms with Crippen molar-refractivity contribution in [2.75, 3.05) is 0 Å². The number of hydrogen-bond acceptors (Lipinski definition) is 3. The molecule has 0 aromatic heterocycles. The van der Waals surface area contributed by atoms with Gasteiger partial charge in [-0.25, -0.2) is 0 Å². The summed E-state index contributed by atoms with van der Waals surface area (Å²) in [5, 5.41) is 17.4. The van der Waals surface area contributed by atoms with Crippen LogP contribution in [0, 0.1) is 26.2 Å². The molecule has 0 N–H and O–H groups in total. The molecule has 102 valence electrons. The van der Waals surface area contributed by atoms with E-state index in [0.717, 1.165) is 16.9 Å². The van der Waals surface area contributed by atoms with Gasteiger partial charge in [-0.15, -0.1) is 0 Å². The average molecular weight is 386 g/mol. The Bertz CT molecular complexity index is 703. The Kier molecular flexibility index (Phi) is 5.36. The van der Waals surface area contributed by atoms with Crippen molar-refractivity contribution in [3.8, 4) is 17.9 Å². The molecule has 0 amide bonds. The normalized spacial score (nSPS) is 9.29. The van der Waals surface area contributed by atoms with Gasteiger partial charge in [0, 0.05) is 3.57 Å². The standard InChI is InChI=1S/C17H11IN2O/c18-16-5-1-14(2-6-16)12-21-17-7-3-13(4-8-17)9-15(10-19)11-20/h1-9H,12H2. The van der Waals surface area contributed by atoms with Gasteiger partial charge in [-0.2, -0.15) is 10.5 Å². The van der Waals surface area contributed by atoms with Crippen LogP contribution in [0.5, 0.6) is 5.75 Å². The van der Waals surface area contributed by atoms with Gasteiger partial charge >= 0.3 is 0 Å². The molecule has 0 heterocycles. The zero-order valence-corrected chi connectivity index (χ0v) is 13.2. The predicted octanol–water partition coefficient (Wildman–Crippen LogP) is 4.30. The molecule has 2 aromatic carbocycles. The summed E-state index contributed by atoms with van der Waals surface area (Å²) in [6, 6.07) is 19.1. The Morgan fingerprint density at radius 3 is 2.19 bits per heavy atom. The number of allylic oxidation sites excluding steroid dienone is 1. The number of benzene rings is 2. The van der Waals surface area contributed by atoms with Crippen LogP contribution in [0.2, 0.25) is 0 Å². The van der Waals surface area contributed by atoms with Crippen LogP contribution < -0.4 is 4.74 Å². The lowest BCUT2D eigenvalue weighted by molar-refractivity contribution is 0.306. The Balaban J connectivity index is 2.00. The molecule has 0 saturated carbocycles. The fraction of sp³-hybridized carbons (Fsp3) is 0.0588. The van der Waals surface area contributed by atoms with Crippen LogP contribution in [0.1, 0.15) is 11.1 Å². The van der Waals surface area contributed by atoms with Crippen LogP contribution in [0.4, 0.5) is 0 Å². The highest BCUT2D eigenvalue weighted by atomic mass is 127. The van der Waals surface area contributed by atoms with Gasteiger partial charge in [-0.05, 0) is 64.1 Å². The van der Waals surface area contributed by atoms with Crippen molar-refractivity contribution in [2.45, 2.75) is 6.61 Å². The van der Waals surface area contributed by atoms with Crippen molar-refractivity contribution in [1.82, 2.24) is 0 Å². The molecule has 0 unspecified atom stereocenters.